The van der Waals surface area contributed by atoms with Gasteiger partial charge in [-0.25, -0.2) is 13.6 Å². The van der Waals surface area contributed by atoms with Crippen molar-refractivity contribution < 1.29 is 17.9 Å². The Labute approximate surface area is 70.7 Å². The molecule has 4 nitrogen and oxygen atoms in total. The predicted molar refractivity (Wildman–Crippen MR) is 39.8 cm³/mol. The van der Waals surface area contributed by atoms with Crippen LogP contribution in [-0.2, 0) is 11.1 Å². The van der Waals surface area contributed by atoms with Gasteiger partial charge in [-0.05, 0) is 6.07 Å². The Balaban J connectivity index is 3.10. The van der Waals surface area contributed by atoms with Gasteiger partial charge in [0.15, 0.2) is 16.9 Å². The van der Waals surface area contributed by atoms with Crippen LogP contribution in [0.25, 0.3) is 0 Å². The molecule has 0 spiro atoms. The normalized spacial score (nSPS) is 12.6. The van der Waals surface area contributed by atoms with E-state index < -0.39 is 16.9 Å². The highest BCUT2D eigenvalue weighted by Crippen LogP contribution is 2.14. The van der Waals surface area contributed by atoms with Gasteiger partial charge in [-0.15, -0.1) is 0 Å². The third-order valence-corrected chi connectivity index (χ3v) is 1.80. The molecule has 1 aromatic heterocycles. The second-order valence-corrected chi connectivity index (χ2v) is 2.88. The second kappa shape index (κ2) is 3.59. The van der Waals surface area contributed by atoms with E-state index in [0.717, 1.165) is 12.3 Å². The SMILES string of the molecule is COc1ncc(S(=O)O)cc1F. The molecule has 0 saturated carbocycles. The summed E-state index contributed by atoms with van der Waals surface area (Å²) in [5.74, 6) is -0.943. The zero-order valence-corrected chi connectivity index (χ0v) is 6.97. The fourth-order valence-corrected chi connectivity index (χ4v) is 1.00. The first-order valence-electron chi connectivity index (χ1n) is 2.95. The molecule has 0 aromatic carbocycles. The quantitative estimate of drug-likeness (QED) is 0.703. The lowest BCUT2D eigenvalue weighted by atomic mass is 10.5. The number of aromatic nitrogens is 1. The molecule has 1 heterocycles. The summed E-state index contributed by atoms with van der Waals surface area (Å²) in [5.41, 5.74) is 0. The Bertz CT molecular complexity index is 318. The third-order valence-electron chi connectivity index (χ3n) is 1.18. The van der Waals surface area contributed by atoms with Crippen molar-refractivity contribution in [3.8, 4) is 5.88 Å². The summed E-state index contributed by atoms with van der Waals surface area (Å²) < 4.78 is 36.2. The van der Waals surface area contributed by atoms with E-state index in [1.165, 1.54) is 7.11 Å². The smallest absolute Gasteiger partial charge is 0.250 e. The summed E-state index contributed by atoms with van der Waals surface area (Å²) >= 11 is -2.21. The molecule has 0 fully saturated rings. The van der Waals surface area contributed by atoms with Crippen molar-refractivity contribution in [3.05, 3.63) is 18.1 Å². The van der Waals surface area contributed by atoms with E-state index in [1.54, 1.807) is 0 Å². The van der Waals surface area contributed by atoms with Crippen LogP contribution in [0.1, 0.15) is 0 Å². The molecule has 0 saturated heterocycles. The molecule has 0 radical (unpaired) electrons. The van der Waals surface area contributed by atoms with Gasteiger partial charge in [-0.2, -0.15) is 0 Å². The Morgan fingerprint density at radius 3 is 2.83 bits per heavy atom. The number of hydrogen-bond acceptors (Lipinski definition) is 3. The standard InChI is InChI=1S/C6H6FNO3S/c1-11-6-5(7)2-4(3-8-6)12(9)10/h2-3H,1H3,(H,9,10). The van der Waals surface area contributed by atoms with Gasteiger partial charge >= 0.3 is 0 Å². The van der Waals surface area contributed by atoms with Gasteiger partial charge in [-0.3, -0.25) is 0 Å². The summed E-state index contributed by atoms with van der Waals surface area (Å²) in [7, 11) is 1.26. The summed E-state index contributed by atoms with van der Waals surface area (Å²) in [6, 6.07) is 0.905. The molecule has 0 aliphatic rings. The highest BCUT2D eigenvalue weighted by Gasteiger charge is 2.07. The monoisotopic (exact) mass is 191 g/mol. The lowest BCUT2D eigenvalue weighted by Gasteiger charge is -2.00. The summed E-state index contributed by atoms with van der Waals surface area (Å²) in [6.07, 6.45) is 1.08. The van der Waals surface area contributed by atoms with Crippen molar-refractivity contribution in [2.75, 3.05) is 7.11 Å². The molecule has 1 rings (SSSR count). The van der Waals surface area contributed by atoms with Gasteiger partial charge in [0.25, 0.3) is 0 Å². The van der Waals surface area contributed by atoms with E-state index in [0.29, 0.717) is 0 Å². The molecule has 0 bridgehead atoms. The van der Waals surface area contributed by atoms with Crippen molar-refractivity contribution in [2.45, 2.75) is 4.90 Å². The first-order chi connectivity index (χ1) is 5.65. The van der Waals surface area contributed by atoms with E-state index in [2.05, 4.69) is 9.72 Å². The van der Waals surface area contributed by atoms with Gasteiger partial charge < -0.3 is 9.29 Å². The number of ether oxygens (including phenoxy) is 1. The Hall–Kier alpha value is -1.01. The van der Waals surface area contributed by atoms with Crippen molar-refractivity contribution >= 4 is 11.1 Å². The molecule has 1 atom stereocenters. The summed E-state index contributed by atoms with van der Waals surface area (Å²) in [4.78, 5) is 3.38. The molecule has 66 valence electrons. The average Bonchev–Trinajstić information content (AvgIpc) is 2.04. The van der Waals surface area contributed by atoms with E-state index in [4.69, 9.17) is 4.55 Å². The van der Waals surface area contributed by atoms with E-state index in [1.807, 2.05) is 0 Å². The molecule has 0 aliphatic heterocycles. The highest BCUT2D eigenvalue weighted by atomic mass is 32.2. The maximum absolute atomic E-state index is 12.8. The fourth-order valence-electron chi connectivity index (χ4n) is 0.654. The van der Waals surface area contributed by atoms with Gasteiger partial charge in [0.05, 0.1) is 12.0 Å². The van der Waals surface area contributed by atoms with Crippen LogP contribution in [0.2, 0.25) is 0 Å². The Morgan fingerprint density at radius 2 is 2.42 bits per heavy atom. The van der Waals surface area contributed by atoms with E-state index in [9.17, 15) is 8.60 Å². The minimum Gasteiger partial charge on any atom is -0.479 e. The summed E-state index contributed by atoms with van der Waals surface area (Å²) in [6.45, 7) is 0. The van der Waals surface area contributed by atoms with Crippen molar-refractivity contribution in [3.63, 3.8) is 0 Å². The predicted octanol–water partition coefficient (Wildman–Crippen LogP) is 0.810. The topological polar surface area (TPSA) is 59.4 Å². The van der Waals surface area contributed by atoms with Crippen LogP contribution >= 0.6 is 0 Å². The van der Waals surface area contributed by atoms with E-state index >= 15 is 0 Å². The zero-order chi connectivity index (χ0) is 9.14. The third kappa shape index (κ3) is 1.77. The maximum atomic E-state index is 12.8. The first kappa shape index (κ1) is 9.08. The van der Waals surface area contributed by atoms with Crippen molar-refractivity contribution in [1.82, 2.24) is 4.98 Å². The lowest BCUT2D eigenvalue weighted by Crippen LogP contribution is -1.95. The highest BCUT2D eigenvalue weighted by molar-refractivity contribution is 7.79. The van der Waals surface area contributed by atoms with Gasteiger partial charge in [-0.1, -0.05) is 0 Å². The molecular weight excluding hydrogens is 185 g/mol. The van der Waals surface area contributed by atoms with Gasteiger partial charge in [0, 0.05) is 6.20 Å². The average molecular weight is 191 g/mol. The molecule has 12 heavy (non-hydrogen) atoms. The van der Waals surface area contributed by atoms with Gasteiger partial charge in [0.1, 0.15) is 0 Å². The number of methoxy groups -OCH3 is 1. The van der Waals surface area contributed by atoms with E-state index in [-0.39, 0.29) is 10.8 Å². The van der Waals surface area contributed by atoms with Crippen molar-refractivity contribution in [2.24, 2.45) is 0 Å². The Morgan fingerprint density at radius 1 is 1.75 bits per heavy atom. The zero-order valence-electron chi connectivity index (χ0n) is 6.15. The molecule has 0 amide bonds. The molecule has 6 heteroatoms. The molecular formula is C6H6FNO3S. The molecule has 1 aromatic rings. The van der Waals surface area contributed by atoms with Crippen LogP contribution in [0, 0.1) is 5.82 Å². The number of rotatable bonds is 2. The van der Waals surface area contributed by atoms with Crippen LogP contribution < -0.4 is 4.74 Å². The van der Waals surface area contributed by atoms with Gasteiger partial charge in [0.2, 0.25) is 5.88 Å². The van der Waals surface area contributed by atoms with Crippen LogP contribution in [0.5, 0.6) is 5.88 Å². The van der Waals surface area contributed by atoms with Crippen LogP contribution in [0.4, 0.5) is 4.39 Å². The molecule has 1 N–H and O–H groups in total. The fraction of sp³-hybridized carbons (Fsp3) is 0.167. The first-order valence-corrected chi connectivity index (χ1v) is 4.06. The maximum Gasteiger partial charge on any atom is 0.250 e. The number of pyridine rings is 1. The summed E-state index contributed by atoms with van der Waals surface area (Å²) in [5, 5.41) is 0. The molecule has 0 aliphatic carbocycles. The number of nitrogens with zero attached hydrogens (tertiary/aromatic N) is 1. The number of hydrogen-bond donors (Lipinski definition) is 1. The van der Waals surface area contributed by atoms with Crippen molar-refractivity contribution in [1.29, 1.82) is 0 Å². The van der Waals surface area contributed by atoms with Crippen LogP contribution in [0.3, 0.4) is 0 Å². The lowest BCUT2D eigenvalue weighted by molar-refractivity contribution is 0.367. The Kier molecular flexibility index (Phi) is 2.72. The van der Waals surface area contributed by atoms with Crippen LogP contribution in [-0.4, -0.2) is 20.9 Å². The minimum atomic E-state index is -2.21. The number of halogens is 1. The minimum absolute atomic E-state index is 0.0895. The second-order valence-electron chi connectivity index (χ2n) is 1.91. The largest absolute Gasteiger partial charge is 0.479 e. The van der Waals surface area contributed by atoms with Crippen LogP contribution in [0.15, 0.2) is 17.2 Å². The molecule has 1 unspecified atom stereocenters.